The number of pyridine rings is 1. The van der Waals surface area contributed by atoms with Gasteiger partial charge >= 0.3 is 0 Å². The van der Waals surface area contributed by atoms with Crippen molar-refractivity contribution in [2.45, 2.75) is 64.0 Å². The first-order chi connectivity index (χ1) is 17.2. The molecule has 2 aromatic rings. The molecule has 0 amide bonds. The van der Waals surface area contributed by atoms with E-state index in [0.29, 0.717) is 23.0 Å². The standard InChI is InChI=1S/C28H41ClN4O2/c1-3-23-24(5-4-6-27(23)31-18-20-11-14-35-15-12-20)25-17-28(32-19-26(25)29)33-22-9-7-21(8-10-22)30-13-16-34-2/h4-6,17,19-22,30-31H,3,7-16,18H2,1-2H3,(H,32,33). The molecule has 35 heavy (non-hydrogen) atoms. The predicted molar refractivity (Wildman–Crippen MR) is 146 cm³/mol. The molecule has 0 bridgehead atoms. The summed E-state index contributed by atoms with van der Waals surface area (Å²) in [4.78, 5) is 4.61. The lowest BCUT2D eigenvalue weighted by molar-refractivity contribution is 0.0699. The zero-order valence-corrected chi connectivity index (χ0v) is 22.0. The summed E-state index contributed by atoms with van der Waals surface area (Å²) in [5, 5.41) is 11.7. The Morgan fingerprint density at radius 1 is 1.06 bits per heavy atom. The molecule has 6 nitrogen and oxygen atoms in total. The Morgan fingerprint density at radius 2 is 1.83 bits per heavy atom. The molecule has 2 aliphatic rings. The van der Waals surface area contributed by atoms with E-state index in [2.05, 4.69) is 52.1 Å². The van der Waals surface area contributed by atoms with E-state index in [0.717, 1.165) is 76.4 Å². The molecule has 0 spiro atoms. The number of anilines is 2. The van der Waals surface area contributed by atoms with Crippen LogP contribution in [0.4, 0.5) is 11.5 Å². The minimum Gasteiger partial charge on any atom is -0.385 e. The third-order valence-electron chi connectivity index (χ3n) is 7.42. The van der Waals surface area contributed by atoms with Crippen LogP contribution in [0.3, 0.4) is 0 Å². The number of nitrogens with zero attached hydrogens (tertiary/aromatic N) is 1. The fraction of sp³-hybridized carbons (Fsp3) is 0.607. The molecule has 1 saturated carbocycles. The lowest BCUT2D eigenvalue weighted by atomic mass is 9.91. The van der Waals surface area contributed by atoms with E-state index in [1.54, 1.807) is 13.3 Å². The van der Waals surface area contributed by atoms with Crippen LogP contribution < -0.4 is 16.0 Å². The Labute approximate surface area is 215 Å². The van der Waals surface area contributed by atoms with Crippen LogP contribution >= 0.6 is 11.6 Å². The number of nitrogens with one attached hydrogen (secondary N) is 3. The molecule has 1 aromatic heterocycles. The Bertz CT molecular complexity index is 927. The molecule has 1 saturated heterocycles. The predicted octanol–water partition coefficient (Wildman–Crippen LogP) is 5.76. The van der Waals surface area contributed by atoms with Crippen LogP contribution in [0.25, 0.3) is 11.1 Å². The molecular weight excluding hydrogens is 460 g/mol. The SMILES string of the molecule is CCc1c(NCC2CCOCC2)cccc1-c1cc(NC2CCC(NCCOC)CC2)ncc1Cl. The monoisotopic (exact) mass is 500 g/mol. The highest BCUT2D eigenvalue weighted by Crippen LogP contribution is 2.36. The summed E-state index contributed by atoms with van der Waals surface area (Å²) < 4.78 is 10.7. The lowest BCUT2D eigenvalue weighted by Crippen LogP contribution is -2.38. The van der Waals surface area contributed by atoms with Crippen LogP contribution in [-0.2, 0) is 15.9 Å². The van der Waals surface area contributed by atoms with Crippen LogP contribution in [0, 0.1) is 5.92 Å². The molecule has 192 valence electrons. The van der Waals surface area contributed by atoms with Crippen LogP contribution in [0.5, 0.6) is 0 Å². The van der Waals surface area contributed by atoms with E-state index in [1.807, 2.05) is 0 Å². The van der Waals surface area contributed by atoms with E-state index in [4.69, 9.17) is 21.1 Å². The molecule has 4 rings (SSSR count). The second-order valence-electron chi connectivity index (χ2n) is 9.81. The second kappa shape index (κ2) is 13.4. The van der Waals surface area contributed by atoms with Gasteiger partial charge in [-0.15, -0.1) is 0 Å². The molecule has 0 radical (unpaired) electrons. The van der Waals surface area contributed by atoms with Crippen molar-refractivity contribution in [1.29, 1.82) is 0 Å². The van der Waals surface area contributed by atoms with Gasteiger partial charge in [0.2, 0.25) is 0 Å². The average molecular weight is 501 g/mol. The van der Waals surface area contributed by atoms with Crippen molar-refractivity contribution in [3.63, 3.8) is 0 Å². The Kier molecular flexibility index (Phi) is 10.1. The number of benzene rings is 1. The molecular formula is C28H41ClN4O2. The van der Waals surface area contributed by atoms with Gasteiger partial charge in [0.25, 0.3) is 0 Å². The number of ether oxygens (including phenoxy) is 2. The van der Waals surface area contributed by atoms with E-state index in [9.17, 15) is 0 Å². The van der Waals surface area contributed by atoms with Gasteiger partial charge in [-0.25, -0.2) is 4.98 Å². The minimum atomic E-state index is 0.440. The zero-order valence-electron chi connectivity index (χ0n) is 21.2. The summed E-state index contributed by atoms with van der Waals surface area (Å²) in [6.45, 7) is 6.64. The van der Waals surface area contributed by atoms with Gasteiger partial charge in [0.05, 0.1) is 11.6 Å². The van der Waals surface area contributed by atoms with Crippen molar-refractivity contribution in [1.82, 2.24) is 10.3 Å². The normalized spacial score (nSPS) is 21.1. The number of hydrogen-bond acceptors (Lipinski definition) is 6. The molecule has 2 heterocycles. The van der Waals surface area contributed by atoms with Gasteiger partial charge in [-0.3, -0.25) is 0 Å². The molecule has 1 aromatic carbocycles. The first-order valence-electron chi connectivity index (χ1n) is 13.3. The van der Waals surface area contributed by atoms with Gasteiger partial charge in [0.1, 0.15) is 5.82 Å². The quantitative estimate of drug-likeness (QED) is 0.341. The van der Waals surface area contributed by atoms with E-state index >= 15 is 0 Å². The number of hydrogen-bond donors (Lipinski definition) is 3. The summed E-state index contributed by atoms with van der Waals surface area (Å²) >= 11 is 6.69. The molecule has 0 atom stereocenters. The summed E-state index contributed by atoms with van der Waals surface area (Å²) in [7, 11) is 1.75. The van der Waals surface area contributed by atoms with Crippen LogP contribution in [0.15, 0.2) is 30.5 Å². The first kappa shape index (κ1) is 26.2. The van der Waals surface area contributed by atoms with Crippen LogP contribution in [-0.4, -0.2) is 57.1 Å². The summed E-state index contributed by atoms with van der Waals surface area (Å²) in [5.74, 6) is 1.57. The Morgan fingerprint density at radius 3 is 2.57 bits per heavy atom. The summed E-state index contributed by atoms with van der Waals surface area (Å²) in [5.41, 5.74) is 4.75. The maximum absolute atomic E-state index is 6.69. The van der Waals surface area contributed by atoms with Gasteiger partial charge in [0.15, 0.2) is 0 Å². The van der Waals surface area contributed by atoms with Gasteiger partial charge in [-0.05, 0) is 74.1 Å². The van der Waals surface area contributed by atoms with Crippen molar-refractivity contribution in [2.24, 2.45) is 5.92 Å². The minimum absolute atomic E-state index is 0.440. The third-order valence-corrected chi connectivity index (χ3v) is 7.72. The van der Waals surface area contributed by atoms with Gasteiger partial charge in [-0.1, -0.05) is 30.7 Å². The van der Waals surface area contributed by atoms with Crippen molar-refractivity contribution in [3.05, 3.63) is 41.0 Å². The smallest absolute Gasteiger partial charge is 0.126 e. The molecule has 3 N–H and O–H groups in total. The van der Waals surface area contributed by atoms with Crippen molar-refractivity contribution in [2.75, 3.05) is 50.7 Å². The molecule has 7 heteroatoms. The molecule has 2 fully saturated rings. The highest BCUT2D eigenvalue weighted by Gasteiger charge is 2.22. The van der Waals surface area contributed by atoms with Crippen molar-refractivity contribution in [3.8, 4) is 11.1 Å². The molecule has 1 aliphatic carbocycles. The first-order valence-corrected chi connectivity index (χ1v) is 13.6. The van der Waals surface area contributed by atoms with Gasteiger partial charge in [0, 0.05) is 62.9 Å². The zero-order chi connectivity index (χ0) is 24.5. The van der Waals surface area contributed by atoms with E-state index < -0.39 is 0 Å². The topological polar surface area (TPSA) is 67.4 Å². The Hall–Kier alpha value is -1.86. The fourth-order valence-corrected chi connectivity index (χ4v) is 5.54. The fourth-order valence-electron chi connectivity index (χ4n) is 5.33. The highest BCUT2D eigenvalue weighted by atomic mass is 35.5. The summed E-state index contributed by atoms with van der Waals surface area (Å²) in [6, 6.07) is 9.65. The highest BCUT2D eigenvalue weighted by molar-refractivity contribution is 6.33. The van der Waals surface area contributed by atoms with Gasteiger partial charge < -0.3 is 25.4 Å². The van der Waals surface area contributed by atoms with E-state index in [-0.39, 0.29) is 0 Å². The number of aromatic nitrogens is 1. The Balaban J connectivity index is 1.42. The molecule has 1 aliphatic heterocycles. The van der Waals surface area contributed by atoms with Crippen LogP contribution in [0.1, 0.15) is 51.0 Å². The lowest BCUT2D eigenvalue weighted by Gasteiger charge is -2.30. The second-order valence-corrected chi connectivity index (χ2v) is 10.2. The van der Waals surface area contributed by atoms with Gasteiger partial charge in [-0.2, -0.15) is 0 Å². The average Bonchev–Trinajstić information content (AvgIpc) is 2.90. The molecule has 0 unspecified atom stereocenters. The largest absolute Gasteiger partial charge is 0.385 e. The number of rotatable bonds is 11. The summed E-state index contributed by atoms with van der Waals surface area (Å²) in [6.07, 6.45) is 9.60. The van der Waals surface area contributed by atoms with E-state index in [1.165, 1.54) is 29.7 Å². The van der Waals surface area contributed by atoms with Crippen LogP contribution in [0.2, 0.25) is 5.02 Å². The van der Waals surface area contributed by atoms with Crippen molar-refractivity contribution >= 4 is 23.1 Å². The van der Waals surface area contributed by atoms with Crippen molar-refractivity contribution < 1.29 is 9.47 Å². The maximum Gasteiger partial charge on any atom is 0.126 e. The third kappa shape index (κ3) is 7.32. The maximum atomic E-state index is 6.69. The number of halogens is 1. The number of methoxy groups -OCH3 is 1.